The third-order valence-corrected chi connectivity index (χ3v) is 3.27. The summed E-state index contributed by atoms with van der Waals surface area (Å²) >= 11 is 0. The van der Waals surface area contributed by atoms with Crippen molar-refractivity contribution in [3.8, 4) is 0 Å². The molecule has 0 N–H and O–H groups in total. The van der Waals surface area contributed by atoms with Crippen molar-refractivity contribution in [3.05, 3.63) is 41.6 Å². The summed E-state index contributed by atoms with van der Waals surface area (Å²) in [5.41, 5.74) is -0.00801. The molecule has 1 aromatic heterocycles. The fourth-order valence-electron chi connectivity index (χ4n) is 2.34. The molecule has 0 aromatic carbocycles. The number of allylic oxidation sites excluding steroid dienone is 3. The summed E-state index contributed by atoms with van der Waals surface area (Å²) in [4.78, 5) is 24.4. The lowest BCUT2D eigenvalue weighted by Crippen LogP contribution is -2.29. The van der Waals surface area contributed by atoms with Crippen molar-refractivity contribution in [3.63, 3.8) is 0 Å². The fraction of sp³-hybridized carbons (Fsp3) is 0.375. The first-order valence-electron chi connectivity index (χ1n) is 6.49. The Hall–Kier alpha value is -2.10. The molecule has 106 valence electrons. The van der Waals surface area contributed by atoms with Gasteiger partial charge in [-0.05, 0) is 29.7 Å². The Morgan fingerprint density at radius 3 is 2.75 bits per heavy atom. The molecule has 1 aliphatic carbocycles. The molecular formula is C16H18O4. The van der Waals surface area contributed by atoms with E-state index in [4.69, 9.17) is 9.15 Å². The molecule has 0 fully saturated rings. The molecule has 0 unspecified atom stereocenters. The number of hydrogen-bond donors (Lipinski definition) is 0. The zero-order chi connectivity index (χ0) is 14.8. The van der Waals surface area contributed by atoms with Crippen LogP contribution in [0.4, 0.5) is 0 Å². The zero-order valence-electron chi connectivity index (χ0n) is 11.9. The van der Waals surface area contributed by atoms with Crippen LogP contribution in [-0.4, -0.2) is 18.7 Å². The van der Waals surface area contributed by atoms with E-state index in [1.54, 1.807) is 18.2 Å². The lowest BCUT2D eigenvalue weighted by atomic mass is 9.75. The molecule has 0 aliphatic heterocycles. The van der Waals surface area contributed by atoms with Gasteiger partial charge in [0.1, 0.15) is 17.1 Å². The van der Waals surface area contributed by atoms with Crippen LogP contribution in [0.25, 0.3) is 6.08 Å². The molecule has 4 heteroatoms. The van der Waals surface area contributed by atoms with Crippen molar-refractivity contribution in [2.24, 2.45) is 5.41 Å². The number of carbonyl (C=O) groups is 2. The fourth-order valence-corrected chi connectivity index (χ4v) is 2.34. The van der Waals surface area contributed by atoms with E-state index >= 15 is 0 Å². The van der Waals surface area contributed by atoms with Crippen molar-refractivity contribution >= 4 is 17.6 Å². The quantitative estimate of drug-likeness (QED) is 0.625. The Labute approximate surface area is 118 Å². The van der Waals surface area contributed by atoms with Crippen molar-refractivity contribution in [2.75, 3.05) is 7.11 Å². The molecule has 0 atom stereocenters. The first-order chi connectivity index (χ1) is 9.43. The summed E-state index contributed by atoms with van der Waals surface area (Å²) in [6.07, 6.45) is 5.37. The molecule has 0 amide bonds. The van der Waals surface area contributed by atoms with Gasteiger partial charge in [-0.3, -0.25) is 9.59 Å². The normalized spacial score (nSPS) is 18.6. The highest BCUT2D eigenvalue weighted by atomic mass is 16.5. The van der Waals surface area contributed by atoms with Gasteiger partial charge in [0.2, 0.25) is 0 Å². The number of rotatable bonds is 4. The topological polar surface area (TPSA) is 56.5 Å². The van der Waals surface area contributed by atoms with Crippen molar-refractivity contribution in [1.82, 2.24) is 0 Å². The van der Waals surface area contributed by atoms with Gasteiger partial charge in [-0.25, -0.2) is 0 Å². The first-order valence-corrected chi connectivity index (χ1v) is 6.49. The Morgan fingerprint density at radius 2 is 2.15 bits per heavy atom. The minimum Gasteiger partial charge on any atom is -0.500 e. The van der Waals surface area contributed by atoms with Gasteiger partial charge < -0.3 is 9.15 Å². The molecule has 1 aliphatic rings. The first kappa shape index (κ1) is 14.3. The number of hydrogen-bond acceptors (Lipinski definition) is 4. The van der Waals surface area contributed by atoms with Gasteiger partial charge in [0, 0.05) is 12.8 Å². The van der Waals surface area contributed by atoms with E-state index in [1.165, 1.54) is 19.4 Å². The summed E-state index contributed by atoms with van der Waals surface area (Å²) in [6.45, 7) is 3.98. The average Bonchev–Trinajstić information content (AvgIpc) is 2.86. The van der Waals surface area contributed by atoms with Gasteiger partial charge in [-0.1, -0.05) is 13.8 Å². The summed E-state index contributed by atoms with van der Waals surface area (Å²) in [5.74, 6) is 0.549. The van der Waals surface area contributed by atoms with E-state index in [1.807, 2.05) is 13.8 Å². The third-order valence-electron chi connectivity index (χ3n) is 3.27. The average molecular weight is 274 g/mol. The van der Waals surface area contributed by atoms with Gasteiger partial charge in [-0.2, -0.15) is 0 Å². The van der Waals surface area contributed by atoms with Crippen LogP contribution in [0, 0.1) is 5.41 Å². The van der Waals surface area contributed by atoms with E-state index in [9.17, 15) is 9.59 Å². The molecule has 0 spiro atoms. The van der Waals surface area contributed by atoms with E-state index in [2.05, 4.69) is 0 Å². The van der Waals surface area contributed by atoms with Crippen LogP contribution in [0.15, 0.2) is 40.2 Å². The molecule has 2 rings (SSSR count). The lowest BCUT2D eigenvalue weighted by Gasteiger charge is -2.30. The number of carbonyl (C=O) groups excluding carboxylic acids is 2. The van der Waals surface area contributed by atoms with Crippen LogP contribution in [0.3, 0.4) is 0 Å². The van der Waals surface area contributed by atoms with E-state index in [0.717, 1.165) is 0 Å². The third kappa shape index (κ3) is 3.07. The summed E-state index contributed by atoms with van der Waals surface area (Å²) in [7, 11) is 1.49. The Bertz CT molecular complexity index is 574. The molecule has 0 bridgehead atoms. The number of methoxy groups -OCH3 is 1. The van der Waals surface area contributed by atoms with Crippen molar-refractivity contribution in [1.29, 1.82) is 0 Å². The molecule has 0 radical (unpaired) electrons. The zero-order valence-corrected chi connectivity index (χ0v) is 11.9. The van der Waals surface area contributed by atoms with E-state index in [0.29, 0.717) is 24.4 Å². The lowest BCUT2D eigenvalue weighted by molar-refractivity contribution is -0.122. The molecule has 1 heterocycles. The molecular weight excluding hydrogens is 256 g/mol. The Balaban J connectivity index is 2.27. The van der Waals surface area contributed by atoms with Gasteiger partial charge in [0.05, 0.1) is 13.4 Å². The highest BCUT2D eigenvalue weighted by molar-refractivity contribution is 6.25. The predicted octanol–water partition coefficient (Wildman–Crippen LogP) is 3.15. The van der Waals surface area contributed by atoms with Crippen LogP contribution in [0.1, 0.15) is 32.4 Å². The van der Waals surface area contributed by atoms with E-state index in [-0.39, 0.29) is 22.6 Å². The summed E-state index contributed by atoms with van der Waals surface area (Å²) in [5, 5.41) is 0. The van der Waals surface area contributed by atoms with Gasteiger partial charge >= 0.3 is 0 Å². The molecule has 20 heavy (non-hydrogen) atoms. The number of ether oxygens (including phenoxy) is 1. The van der Waals surface area contributed by atoms with Crippen LogP contribution in [-0.2, 0) is 14.3 Å². The largest absolute Gasteiger partial charge is 0.500 e. The maximum absolute atomic E-state index is 12.2. The van der Waals surface area contributed by atoms with Gasteiger partial charge in [0.25, 0.3) is 0 Å². The highest BCUT2D eigenvalue weighted by Gasteiger charge is 2.35. The molecule has 1 aromatic rings. The van der Waals surface area contributed by atoms with Gasteiger partial charge in [-0.15, -0.1) is 0 Å². The SMILES string of the molecule is COC1=C(C(=O)/C=C/c2ccco2)C(=O)CC(C)(C)C1. The maximum atomic E-state index is 12.2. The minimum absolute atomic E-state index is 0.160. The smallest absolute Gasteiger partial charge is 0.192 e. The molecule has 0 saturated heterocycles. The number of Topliss-reactive ketones (excluding diaryl/α,β-unsaturated/α-hetero) is 1. The second-order valence-electron chi connectivity index (χ2n) is 5.66. The van der Waals surface area contributed by atoms with Crippen LogP contribution < -0.4 is 0 Å². The van der Waals surface area contributed by atoms with Crippen molar-refractivity contribution < 1.29 is 18.7 Å². The summed E-state index contributed by atoms with van der Waals surface area (Å²) < 4.78 is 10.4. The minimum atomic E-state index is -0.334. The van der Waals surface area contributed by atoms with E-state index < -0.39 is 0 Å². The number of furan rings is 1. The standard InChI is InChI=1S/C16H18O4/c1-16(2)9-13(18)15(14(10-16)19-3)12(17)7-6-11-5-4-8-20-11/h4-8H,9-10H2,1-3H3/b7-6+. The Kier molecular flexibility index (Phi) is 3.93. The van der Waals surface area contributed by atoms with Crippen LogP contribution in [0.5, 0.6) is 0 Å². The summed E-state index contributed by atoms with van der Waals surface area (Å²) in [6, 6.07) is 3.47. The second kappa shape index (κ2) is 5.49. The second-order valence-corrected chi connectivity index (χ2v) is 5.66. The maximum Gasteiger partial charge on any atom is 0.192 e. The van der Waals surface area contributed by atoms with Crippen LogP contribution >= 0.6 is 0 Å². The highest BCUT2D eigenvalue weighted by Crippen LogP contribution is 2.37. The number of ketones is 2. The molecule has 4 nitrogen and oxygen atoms in total. The monoisotopic (exact) mass is 274 g/mol. The Morgan fingerprint density at radius 1 is 1.40 bits per heavy atom. The van der Waals surface area contributed by atoms with Crippen molar-refractivity contribution in [2.45, 2.75) is 26.7 Å². The van der Waals surface area contributed by atoms with Crippen LogP contribution in [0.2, 0.25) is 0 Å². The predicted molar refractivity (Wildman–Crippen MR) is 74.8 cm³/mol. The van der Waals surface area contributed by atoms with Gasteiger partial charge in [0.15, 0.2) is 11.6 Å². The molecule has 0 saturated carbocycles.